The number of thioether (sulfide) groups is 1. The van der Waals surface area contributed by atoms with Crippen molar-refractivity contribution in [1.29, 1.82) is 0 Å². The van der Waals surface area contributed by atoms with E-state index in [1.54, 1.807) is 6.92 Å². The van der Waals surface area contributed by atoms with Crippen LogP contribution in [-0.4, -0.2) is 22.6 Å². The van der Waals surface area contributed by atoms with E-state index in [4.69, 9.17) is 5.11 Å². The second-order valence-corrected chi connectivity index (χ2v) is 4.35. The average Bonchev–Trinajstić information content (AvgIpc) is 2.39. The predicted molar refractivity (Wildman–Crippen MR) is 46.8 cm³/mol. The number of aliphatic carboxylic acids is 1. The minimum atomic E-state index is -0.651. The summed E-state index contributed by atoms with van der Waals surface area (Å²) in [6, 6.07) is 0. The van der Waals surface area contributed by atoms with Crippen molar-refractivity contribution in [3.63, 3.8) is 0 Å². The first-order valence-corrected chi connectivity index (χ1v) is 5.16. The van der Waals surface area contributed by atoms with Crippen LogP contribution in [0.5, 0.6) is 0 Å². The van der Waals surface area contributed by atoms with Gasteiger partial charge in [-0.15, -0.1) is 0 Å². The molecule has 2 unspecified atom stereocenters. The highest BCUT2D eigenvalue weighted by atomic mass is 32.2. The van der Waals surface area contributed by atoms with Crippen LogP contribution in [0.4, 0.5) is 0 Å². The fourth-order valence-corrected chi connectivity index (χ4v) is 2.67. The molecule has 1 fully saturated rings. The molecule has 0 aromatic rings. The lowest BCUT2D eigenvalue weighted by molar-refractivity contribution is -0.141. The molecule has 0 aliphatic carbocycles. The van der Waals surface area contributed by atoms with Crippen molar-refractivity contribution in [2.75, 3.05) is 11.5 Å². The van der Waals surface area contributed by atoms with E-state index in [-0.39, 0.29) is 5.92 Å². The molecule has 0 aromatic heterocycles. The molecule has 1 saturated heterocycles. The minimum Gasteiger partial charge on any atom is -0.481 e. The van der Waals surface area contributed by atoms with Crippen LogP contribution >= 0.6 is 11.8 Å². The predicted octanol–water partition coefficient (Wildman–Crippen LogP) is 1.85. The average molecular weight is 174 g/mol. The molecule has 0 radical (unpaired) electrons. The van der Waals surface area contributed by atoms with Crippen molar-refractivity contribution >= 4 is 17.7 Å². The van der Waals surface area contributed by atoms with Crippen LogP contribution in [-0.2, 0) is 4.79 Å². The Labute approximate surface area is 71.4 Å². The lowest BCUT2D eigenvalue weighted by Crippen LogP contribution is -2.14. The molecule has 2 nitrogen and oxygen atoms in total. The third kappa shape index (κ3) is 2.73. The van der Waals surface area contributed by atoms with Crippen LogP contribution in [0.25, 0.3) is 0 Å². The number of hydrogen-bond acceptors (Lipinski definition) is 2. The highest BCUT2D eigenvalue weighted by Crippen LogP contribution is 2.28. The molecule has 0 saturated carbocycles. The summed E-state index contributed by atoms with van der Waals surface area (Å²) in [5.74, 6) is 2.24. The zero-order valence-electron chi connectivity index (χ0n) is 6.75. The van der Waals surface area contributed by atoms with Crippen LogP contribution in [0.3, 0.4) is 0 Å². The fourth-order valence-electron chi connectivity index (χ4n) is 1.37. The van der Waals surface area contributed by atoms with E-state index >= 15 is 0 Å². The molecule has 1 heterocycles. The van der Waals surface area contributed by atoms with Crippen LogP contribution in [0, 0.1) is 11.8 Å². The number of carboxylic acids is 1. The maximum Gasteiger partial charge on any atom is 0.306 e. The smallest absolute Gasteiger partial charge is 0.306 e. The first kappa shape index (κ1) is 8.91. The van der Waals surface area contributed by atoms with Gasteiger partial charge in [0.25, 0.3) is 0 Å². The third-order valence-electron chi connectivity index (χ3n) is 2.13. The SMILES string of the molecule is CC(CC1CCSC1)C(=O)O. The van der Waals surface area contributed by atoms with Gasteiger partial charge in [0.1, 0.15) is 0 Å². The van der Waals surface area contributed by atoms with Crippen molar-refractivity contribution < 1.29 is 9.90 Å². The molecular formula is C8H14O2S. The fraction of sp³-hybridized carbons (Fsp3) is 0.875. The Morgan fingerprint density at radius 1 is 1.82 bits per heavy atom. The first-order chi connectivity index (χ1) is 5.20. The molecule has 1 N–H and O–H groups in total. The first-order valence-electron chi connectivity index (χ1n) is 4.00. The summed E-state index contributed by atoms with van der Waals surface area (Å²) in [7, 11) is 0. The number of carboxylic acid groups (broad SMARTS) is 1. The van der Waals surface area contributed by atoms with Gasteiger partial charge in [-0.1, -0.05) is 6.92 Å². The van der Waals surface area contributed by atoms with Crippen LogP contribution < -0.4 is 0 Å². The molecule has 0 amide bonds. The molecule has 64 valence electrons. The number of carbonyl (C=O) groups is 1. The second-order valence-electron chi connectivity index (χ2n) is 3.20. The zero-order valence-corrected chi connectivity index (χ0v) is 7.56. The van der Waals surface area contributed by atoms with Gasteiger partial charge in [0, 0.05) is 0 Å². The molecule has 0 bridgehead atoms. The molecule has 2 atom stereocenters. The molecule has 0 aromatic carbocycles. The summed E-state index contributed by atoms with van der Waals surface area (Å²) in [4.78, 5) is 10.5. The minimum absolute atomic E-state index is 0.154. The van der Waals surface area contributed by atoms with E-state index in [9.17, 15) is 4.79 Å². The summed E-state index contributed by atoms with van der Waals surface area (Å²) >= 11 is 1.94. The molecule has 1 aliphatic rings. The van der Waals surface area contributed by atoms with Gasteiger partial charge in [-0.2, -0.15) is 11.8 Å². The molecule has 3 heteroatoms. The Bertz CT molecular complexity index is 141. The van der Waals surface area contributed by atoms with E-state index in [2.05, 4.69) is 0 Å². The van der Waals surface area contributed by atoms with E-state index < -0.39 is 5.97 Å². The van der Waals surface area contributed by atoms with Gasteiger partial charge in [-0.3, -0.25) is 4.79 Å². The second kappa shape index (κ2) is 4.00. The van der Waals surface area contributed by atoms with Gasteiger partial charge >= 0.3 is 5.97 Å². The van der Waals surface area contributed by atoms with Gasteiger partial charge < -0.3 is 5.11 Å². The van der Waals surface area contributed by atoms with Crippen LogP contribution in [0.2, 0.25) is 0 Å². The topological polar surface area (TPSA) is 37.3 Å². The standard InChI is InChI=1S/C8H14O2S/c1-6(8(9)10)4-7-2-3-11-5-7/h6-7H,2-5H2,1H3,(H,9,10). The van der Waals surface area contributed by atoms with Crippen molar-refractivity contribution in [1.82, 2.24) is 0 Å². The summed E-state index contributed by atoms with van der Waals surface area (Å²) in [5, 5.41) is 8.64. The third-order valence-corrected chi connectivity index (χ3v) is 3.36. The van der Waals surface area contributed by atoms with Crippen molar-refractivity contribution in [2.45, 2.75) is 19.8 Å². The Morgan fingerprint density at radius 3 is 3.00 bits per heavy atom. The largest absolute Gasteiger partial charge is 0.481 e. The molecule has 1 aliphatic heterocycles. The Morgan fingerprint density at radius 2 is 2.55 bits per heavy atom. The lowest BCUT2D eigenvalue weighted by atomic mass is 9.96. The van der Waals surface area contributed by atoms with Crippen molar-refractivity contribution in [3.8, 4) is 0 Å². The highest BCUT2D eigenvalue weighted by molar-refractivity contribution is 7.99. The quantitative estimate of drug-likeness (QED) is 0.709. The Kier molecular flexibility index (Phi) is 3.24. The zero-order chi connectivity index (χ0) is 8.27. The van der Waals surface area contributed by atoms with Gasteiger partial charge in [0.05, 0.1) is 5.92 Å². The van der Waals surface area contributed by atoms with Gasteiger partial charge in [-0.05, 0) is 30.3 Å². The van der Waals surface area contributed by atoms with Gasteiger partial charge in [0.15, 0.2) is 0 Å². The molecule has 0 spiro atoms. The summed E-state index contributed by atoms with van der Waals surface area (Å²) < 4.78 is 0. The summed E-state index contributed by atoms with van der Waals surface area (Å²) in [6.07, 6.45) is 2.07. The van der Waals surface area contributed by atoms with Gasteiger partial charge in [-0.25, -0.2) is 0 Å². The summed E-state index contributed by atoms with van der Waals surface area (Å²) in [6.45, 7) is 1.80. The molecule has 11 heavy (non-hydrogen) atoms. The molecule has 1 rings (SSSR count). The Balaban J connectivity index is 2.23. The molecular weight excluding hydrogens is 160 g/mol. The highest BCUT2D eigenvalue weighted by Gasteiger charge is 2.21. The lowest BCUT2D eigenvalue weighted by Gasteiger charge is -2.10. The van der Waals surface area contributed by atoms with E-state index in [0.717, 1.165) is 12.2 Å². The van der Waals surface area contributed by atoms with Crippen LogP contribution in [0.1, 0.15) is 19.8 Å². The van der Waals surface area contributed by atoms with Gasteiger partial charge in [0.2, 0.25) is 0 Å². The Hall–Kier alpha value is -0.180. The monoisotopic (exact) mass is 174 g/mol. The van der Waals surface area contributed by atoms with Crippen molar-refractivity contribution in [3.05, 3.63) is 0 Å². The van der Waals surface area contributed by atoms with E-state index in [1.807, 2.05) is 11.8 Å². The normalized spacial score (nSPS) is 26.8. The maximum atomic E-state index is 10.5. The van der Waals surface area contributed by atoms with E-state index in [1.165, 1.54) is 12.2 Å². The van der Waals surface area contributed by atoms with E-state index in [0.29, 0.717) is 5.92 Å². The summed E-state index contributed by atoms with van der Waals surface area (Å²) in [5.41, 5.74) is 0. The number of rotatable bonds is 3. The number of hydrogen-bond donors (Lipinski definition) is 1. The maximum absolute atomic E-state index is 10.5. The van der Waals surface area contributed by atoms with Crippen LogP contribution in [0.15, 0.2) is 0 Å². The van der Waals surface area contributed by atoms with Crippen molar-refractivity contribution in [2.24, 2.45) is 11.8 Å².